The molecule has 190 valence electrons. The van der Waals surface area contributed by atoms with Gasteiger partial charge in [0.2, 0.25) is 0 Å². The lowest BCUT2D eigenvalue weighted by atomic mass is 9.87. The number of alkyl halides is 2. The molecule has 0 aliphatic carbocycles. The lowest BCUT2D eigenvalue weighted by Crippen LogP contribution is -2.24. The van der Waals surface area contributed by atoms with Crippen molar-refractivity contribution in [3.05, 3.63) is 94.8 Å². The van der Waals surface area contributed by atoms with E-state index >= 15 is 4.39 Å². The number of halogens is 3. The largest absolute Gasteiger partial charge is 0.494 e. The Morgan fingerprint density at radius 2 is 1.75 bits per heavy atom. The minimum Gasteiger partial charge on any atom is -0.494 e. The Balaban J connectivity index is 1.46. The van der Waals surface area contributed by atoms with Crippen LogP contribution in [0.1, 0.15) is 67.2 Å². The summed E-state index contributed by atoms with van der Waals surface area (Å²) in [7, 11) is 0. The van der Waals surface area contributed by atoms with Crippen LogP contribution in [0.15, 0.2) is 66.7 Å². The smallest absolute Gasteiger partial charge is 0.267 e. The van der Waals surface area contributed by atoms with Gasteiger partial charge in [-0.15, -0.1) is 0 Å². The summed E-state index contributed by atoms with van der Waals surface area (Å²) in [6, 6.07) is 18.3. The standard InChI is InChI=1S/C31H33F3O2/c1-3-4-19-35-25-14-10-23(11-15-25)27-17-18-28(30(32)29(27)31(33)34)24-12-16-26(36-20-24)13-9-22-7-5-21(2)6-8-22/h5-11,13-15,17-18,24,26,31H,3-4,12,16,19-20H2,1-2H3/b13-9+. The topological polar surface area (TPSA) is 18.5 Å². The highest BCUT2D eigenvalue weighted by atomic mass is 19.3. The van der Waals surface area contributed by atoms with Gasteiger partial charge in [0.1, 0.15) is 11.6 Å². The average Bonchev–Trinajstić information content (AvgIpc) is 2.89. The predicted molar refractivity (Wildman–Crippen MR) is 139 cm³/mol. The molecule has 1 aliphatic heterocycles. The highest BCUT2D eigenvalue weighted by Gasteiger charge is 2.28. The van der Waals surface area contributed by atoms with Crippen molar-refractivity contribution in [1.82, 2.24) is 0 Å². The Morgan fingerprint density at radius 1 is 1.00 bits per heavy atom. The zero-order valence-electron chi connectivity index (χ0n) is 20.9. The lowest BCUT2D eigenvalue weighted by Gasteiger charge is -2.28. The van der Waals surface area contributed by atoms with E-state index < -0.39 is 17.8 Å². The van der Waals surface area contributed by atoms with E-state index in [-0.39, 0.29) is 17.6 Å². The molecule has 1 fully saturated rings. The van der Waals surface area contributed by atoms with Crippen LogP contribution in [-0.2, 0) is 4.74 Å². The van der Waals surface area contributed by atoms with Gasteiger partial charge >= 0.3 is 0 Å². The van der Waals surface area contributed by atoms with E-state index in [0.717, 1.165) is 18.4 Å². The van der Waals surface area contributed by atoms with Gasteiger partial charge in [-0.2, -0.15) is 0 Å². The van der Waals surface area contributed by atoms with Gasteiger partial charge in [0.25, 0.3) is 6.43 Å². The Kier molecular flexibility index (Phi) is 8.87. The normalized spacial score (nSPS) is 18.2. The molecule has 36 heavy (non-hydrogen) atoms. The van der Waals surface area contributed by atoms with Crippen LogP contribution < -0.4 is 4.74 Å². The Labute approximate surface area is 211 Å². The van der Waals surface area contributed by atoms with Crippen LogP contribution in [0, 0.1) is 12.7 Å². The highest BCUT2D eigenvalue weighted by Crippen LogP contribution is 2.39. The molecular weight excluding hydrogens is 461 g/mol. The molecule has 3 aromatic carbocycles. The minimum atomic E-state index is -2.92. The van der Waals surface area contributed by atoms with E-state index in [9.17, 15) is 8.78 Å². The molecule has 2 unspecified atom stereocenters. The summed E-state index contributed by atoms with van der Waals surface area (Å²) < 4.78 is 55.2. The van der Waals surface area contributed by atoms with Gasteiger partial charge in [0.05, 0.1) is 24.9 Å². The summed E-state index contributed by atoms with van der Waals surface area (Å²) >= 11 is 0. The van der Waals surface area contributed by atoms with Crippen molar-refractivity contribution in [3.63, 3.8) is 0 Å². The van der Waals surface area contributed by atoms with Crippen LogP contribution in [0.25, 0.3) is 17.2 Å². The number of benzene rings is 3. The molecule has 5 heteroatoms. The Morgan fingerprint density at radius 3 is 2.39 bits per heavy atom. The molecule has 0 radical (unpaired) electrons. The summed E-state index contributed by atoms with van der Waals surface area (Å²) in [6.07, 6.45) is 4.39. The quantitative estimate of drug-likeness (QED) is 0.277. The van der Waals surface area contributed by atoms with Crippen molar-refractivity contribution in [1.29, 1.82) is 0 Å². The fourth-order valence-electron chi connectivity index (χ4n) is 4.52. The summed E-state index contributed by atoms with van der Waals surface area (Å²) in [4.78, 5) is 0. The van der Waals surface area contributed by atoms with Crippen molar-refractivity contribution >= 4 is 6.08 Å². The van der Waals surface area contributed by atoms with E-state index in [2.05, 4.69) is 19.1 Å². The van der Waals surface area contributed by atoms with Crippen molar-refractivity contribution in [3.8, 4) is 16.9 Å². The Bertz CT molecular complexity index is 1150. The number of rotatable bonds is 9. The van der Waals surface area contributed by atoms with Crippen LogP contribution >= 0.6 is 0 Å². The third kappa shape index (κ3) is 6.38. The molecule has 2 atom stereocenters. The van der Waals surface area contributed by atoms with Crippen LogP contribution in [0.3, 0.4) is 0 Å². The first-order valence-electron chi connectivity index (χ1n) is 12.7. The molecule has 1 saturated heterocycles. The molecular formula is C31H33F3O2. The number of ether oxygens (including phenoxy) is 2. The SMILES string of the molecule is CCCCOc1ccc(-c2ccc(C3CCC(/C=C/c4ccc(C)cc4)OC3)c(F)c2C(F)F)cc1. The number of unbranched alkanes of at least 4 members (excludes halogenated alkanes) is 1. The summed E-state index contributed by atoms with van der Waals surface area (Å²) in [5.41, 5.74) is 2.80. The maximum atomic E-state index is 15.5. The predicted octanol–water partition coefficient (Wildman–Crippen LogP) is 8.89. The number of aryl methyl sites for hydroxylation is 1. The minimum absolute atomic E-state index is 0.0717. The van der Waals surface area contributed by atoms with Gasteiger partial charge in [0, 0.05) is 5.92 Å². The van der Waals surface area contributed by atoms with E-state index in [4.69, 9.17) is 9.47 Å². The molecule has 0 spiro atoms. The van der Waals surface area contributed by atoms with Crippen molar-refractivity contribution in [2.75, 3.05) is 13.2 Å². The first kappa shape index (κ1) is 26.0. The van der Waals surface area contributed by atoms with Crippen LogP contribution in [0.4, 0.5) is 13.2 Å². The first-order valence-corrected chi connectivity index (χ1v) is 12.7. The van der Waals surface area contributed by atoms with E-state index in [1.54, 1.807) is 36.4 Å². The molecule has 0 N–H and O–H groups in total. The van der Waals surface area contributed by atoms with Crippen molar-refractivity contribution < 1.29 is 22.6 Å². The molecule has 3 aromatic rings. The Hall–Kier alpha value is -3.05. The number of hydrogen-bond acceptors (Lipinski definition) is 2. The molecule has 1 heterocycles. The monoisotopic (exact) mass is 494 g/mol. The third-order valence-corrected chi connectivity index (χ3v) is 6.69. The van der Waals surface area contributed by atoms with Gasteiger partial charge < -0.3 is 9.47 Å². The second-order valence-electron chi connectivity index (χ2n) is 9.37. The number of hydrogen-bond donors (Lipinski definition) is 0. The summed E-state index contributed by atoms with van der Waals surface area (Å²) in [5, 5.41) is 0. The maximum Gasteiger partial charge on any atom is 0.267 e. The molecule has 4 rings (SSSR count). The molecule has 0 saturated carbocycles. The van der Waals surface area contributed by atoms with Gasteiger partial charge in [-0.25, -0.2) is 13.2 Å². The van der Waals surface area contributed by atoms with E-state index in [1.165, 1.54) is 5.56 Å². The van der Waals surface area contributed by atoms with E-state index in [1.807, 2.05) is 31.2 Å². The second-order valence-corrected chi connectivity index (χ2v) is 9.37. The van der Waals surface area contributed by atoms with Gasteiger partial charge in [0.15, 0.2) is 0 Å². The lowest BCUT2D eigenvalue weighted by molar-refractivity contribution is 0.0322. The van der Waals surface area contributed by atoms with Crippen molar-refractivity contribution in [2.45, 2.75) is 58.0 Å². The second kappa shape index (κ2) is 12.3. The highest BCUT2D eigenvalue weighted by molar-refractivity contribution is 5.69. The molecule has 0 bridgehead atoms. The van der Waals surface area contributed by atoms with Crippen LogP contribution in [0.2, 0.25) is 0 Å². The van der Waals surface area contributed by atoms with Crippen LogP contribution in [0.5, 0.6) is 5.75 Å². The third-order valence-electron chi connectivity index (χ3n) is 6.69. The summed E-state index contributed by atoms with van der Waals surface area (Å²) in [5.74, 6) is -0.406. The zero-order chi connectivity index (χ0) is 25.5. The molecule has 1 aliphatic rings. The zero-order valence-corrected chi connectivity index (χ0v) is 20.9. The van der Waals surface area contributed by atoms with Crippen LogP contribution in [-0.4, -0.2) is 19.3 Å². The molecule has 0 aromatic heterocycles. The fourth-order valence-corrected chi connectivity index (χ4v) is 4.52. The average molecular weight is 495 g/mol. The van der Waals surface area contributed by atoms with E-state index in [0.29, 0.717) is 42.9 Å². The molecule has 0 amide bonds. The maximum absolute atomic E-state index is 15.5. The van der Waals surface area contributed by atoms with Gasteiger partial charge in [-0.1, -0.05) is 79.6 Å². The summed E-state index contributed by atoms with van der Waals surface area (Å²) in [6.45, 7) is 5.03. The first-order chi connectivity index (χ1) is 17.5. The van der Waals surface area contributed by atoms with Crippen molar-refractivity contribution in [2.24, 2.45) is 0 Å². The van der Waals surface area contributed by atoms with Gasteiger partial charge in [-0.3, -0.25) is 0 Å². The fraction of sp³-hybridized carbons (Fsp3) is 0.355. The van der Waals surface area contributed by atoms with Gasteiger partial charge in [-0.05, 0) is 60.6 Å². The molecule has 2 nitrogen and oxygen atoms in total.